The number of benzene rings is 1. The van der Waals surface area contributed by atoms with Crippen LogP contribution in [-0.2, 0) is 10.0 Å². The lowest BCUT2D eigenvalue weighted by atomic mass is 10.2. The minimum atomic E-state index is -3.84. The molecule has 0 aliphatic carbocycles. The highest BCUT2D eigenvalue weighted by Crippen LogP contribution is 2.29. The molecule has 0 atom stereocenters. The van der Waals surface area contributed by atoms with Gasteiger partial charge in [0.1, 0.15) is 4.90 Å². The van der Waals surface area contributed by atoms with Crippen LogP contribution in [0.15, 0.2) is 39.8 Å². The highest BCUT2D eigenvalue weighted by atomic mass is 79.9. The first kappa shape index (κ1) is 15.6. The third-order valence-electron chi connectivity index (χ3n) is 2.48. The van der Waals surface area contributed by atoms with E-state index in [9.17, 15) is 8.42 Å². The second-order valence-corrected chi connectivity index (χ2v) is 7.28. The Bertz CT molecular complexity index is 746. The number of aromatic nitrogens is 1. The summed E-state index contributed by atoms with van der Waals surface area (Å²) in [6.45, 7) is 1.67. The molecule has 4 nitrogen and oxygen atoms in total. The molecule has 0 fully saturated rings. The van der Waals surface area contributed by atoms with Gasteiger partial charge in [-0.3, -0.25) is 4.72 Å². The smallest absolute Gasteiger partial charge is 0.263 e. The Morgan fingerprint density at radius 3 is 2.65 bits per heavy atom. The second kappa shape index (κ2) is 5.89. The van der Waals surface area contributed by atoms with Gasteiger partial charge in [0.2, 0.25) is 0 Å². The summed E-state index contributed by atoms with van der Waals surface area (Å²) in [7, 11) is -3.84. The van der Waals surface area contributed by atoms with Crippen molar-refractivity contribution in [3.63, 3.8) is 0 Å². The highest BCUT2D eigenvalue weighted by Gasteiger charge is 2.21. The molecular weight excluding hydrogens is 387 g/mol. The number of hydrogen-bond donors (Lipinski definition) is 1. The average molecular weight is 396 g/mol. The molecule has 0 saturated heterocycles. The third kappa shape index (κ3) is 3.25. The molecule has 2 aromatic rings. The summed E-state index contributed by atoms with van der Waals surface area (Å²) in [5.41, 5.74) is 0.726. The second-order valence-electron chi connectivity index (χ2n) is 3.98. The lowest BCUT2D eigenvalue weighted by Gasteiger charge is -2.12. The van der Waals surface area contributed by atoms with E-state index < -0.39 is 10.0 Å². The minimum absolute atomic E-state index is 0.0257. The number of nitrogens with zero attached hydrogens (tertiary/aromatic N) is 1. The van der Waals surface area contributed by atoms with Crippen molar-refractivity contribution >= 4 is 54.8 Å². The van der Waals surface area contributed by atoms with Crippen LogP contribution in [0.2, 0.25) is 10.2 Å². The first-order chi connectivity index (χ1) is 9.31. The Hall–Kier alpha value is -0.820. The van der Waals surface area contributed by atoms with E-state index in [4.69, 9.17) is 23.2 Å². The zero-order valence-electron chi connectivity index (χ0n) is 10.2. The number of hydrogen-bond acceptors (Lipinski definition) is 3. The van der Waals surface area contributed by atoms with Gasteiger partial charge in [-0.15, -0.1) is 0 Å². The van der Waals surface area contributed by atoms with E-state index in [0.717, 1.165) is 0 Å². The number of rotatable bonds is 3. The van der Waals surface area contributed by atoms with E-state index in [1.54, 1.807) is 19.1 Å². The van der Waals surface area contributed by atoms with Crippen LogP contribution in [0.5, 0.6) is 0 Å². The third-order valence-corrected chi connectivity index (χ3v) is 5.21. The first-order valence-electron chi connectivity index (χ1n) is 5.40. The number of anilines is 1. The van der Waals surface area contributed by atoms with E-state index in [0.29, 0.717) is 10.0 Å². The van der Waals surface area contributed by atoms with Gasteiger partial charge in [0.25, 0.3) is 10.0 Å². The van der Waals surface area contributed by atoms with Crippen LogP contribution in [0.4, 0.5) is 5.69 Å². The molecule has 0 radical (unpaired) electrons. The van der Waals surface area contributed by atoms with Crippen molar-refractivity contribution in [3.8, 4) is 0 Å². The summed E-state index contributed by atoms with van der Waals surface area (Å²) >= 11 is 15.1. The number of aryl methyl sites for hydroxylation is 1. The average Bonchev–Trinajstić information content (AvgIpc) is 2.33. The van der Waals surface area contributed by atoms with Gasteiger partial charge < -0.3 is 0 Å². The summed E-state index contributed by atoms with van der Waals surface area (Å²) < 4.78 is 27.8. The van der Waals surface area contributed by atoms with Gasteiger partial charge in [-0.25, -0.2) is 13.4 Å². The fourth-order valence-corrected chi connectivity index (χ4v) is 4.08. The van der Waals surface area contributed by atoms with Gasteiger partial charge >= 0.3 is 0 Å². The van der Waals surface area contributed by atoms with Crippen LogP contribution in [0.3, 0.4) is 0 Å². The van der Waals surface area contributed by atoms with E-state index >= 15 is 0 Å². The van der Waals surface area contributed by atoms with Crippen molar-refractivity contribution in [1.82, 2.24) is 4.98 Å². The standard InChI is InChI=1S/C12H9BrCl2N2O2S/c1-7-3-2-4-9(14)11(7)20(18,19)17-10-5-8(13)6-16-12(10)15/h2-6,17H,1H3. The molecule has 0 aliphatic rings. The van der Waals surface area contributed by atoms with Gasteiger partial charge in [-0.05, 0) is 40.5 Å². The van der Waals surface area contributed by atoms with E-state index in [1.807, 2.05) is 0 Å². The normalized spacial score (nSPS) is 11.4. The molecule has 0 saturated carbocycles. The molecule has 0 unspecified atom stereocenters. The monoisotopic (exact) mass is 394 g/mol. The van der Waals surface area contributed by atoms with Crippen LogP contribution < -0.4 is 4.72 Å². The number of pyridine rings is 1. The Labute approximate surface area is 135 Å². The minimum Gasteiger partial charge on any atom is -0.276 e. The molecule has 106 valence electrons. The van der Waals surface area contributed by atoms with Crippen molar-refractivity contribution in [2.75, 3.05) is 4.72 Å². The fraction of sp³-hybridized carbons (Fsp3) is 0.0833. The SMILES string of the molecule is Cc1cccc(Cl)c1S(=O)(=O)Nc1cc(Br)cnc1Cl. The maximum Gasteiger partial charge on any atom is 0.263 e. The first-order valence-corrected chi connectivity index (χ1v) is 8.43. The van der Waals surface area contributed by atoms with Crippen LogP contribution in [0.25, 0.3) is 0 Å². The fourth-order valence-electron chi connectivity index (χ4n) is 1.65. The largest absolute Gasteiger partial charge is 0.276 e. The molecule has 1 aromatic carbocycles. The molecule has 1 N–H and O–H groups in total. The van der Waals surface area contributed by atoms with Crippen LogP contribution in [0, 0.1) is 6.92 Å². The van der Waals surface area contributed by atoms with Crippen LogP contribution in [0.1, 0.15) is 5.56 Å². The number of halogens is 3. The Morgan fingerprint density at radius 2 is 2.00 bits per heavy atom. The molecule has 0 amide bonds. The van der Waals surface area contributed by atoms with E-state index in [2.05, 4.69) is 25.6 Å². The van der Waals surface area contributed by atoms with Gasteiger partial charge in [0.05, 0.1) is 10.7 Å². The molecule has 1 aromatic heterocycles. The van der Waals surface area contributed by atoms with Crippen molar-refractivity contribution in [2.24, 2.45) is 0 Å². The number of nitrogens with one attached hydrogen (secondary N) is 1. The van der Waals surface area contributed by atoms with Gasteiger partial charge in [-0.1, -0.05) is 35.3 Å². The zero-order valence-corrected chi connectivity index (χ0v) is 14.1. The van der Waals surface area contributed by atoms with Gasteiger partial charge in [0.15, 0.2) is 5.15 Å². The van der Waals surface area contributed by atoms with Gasteiger partial charge in [-0.2, -0.15) is 0 Å². The van der Waals surface area contributed by atoms with Crippen LogP contribution in [-0.4, -0.2) is 13.4 Å². The zero-order chi connectivity index (χ0) is 14.9. The van der Waals surface area contributed by atoms with E-state index in [-0.39, 0.29) is 20.8 Å². The van der Waals surface area contributed by atoms with Crippen molar-refractivity contribution in [1.29, 1.82) is 0 Å². The Morgan fingerprint density at radius 1 is 1.30 bits per heavy atom. The van der Waals surface area contributed by atoms with Crippen LogP contribution >= 0.6 is 39.1 Å². The van der Waals surface area contributed by atoms with Crippen molar-refractivity contribution in [3.05, 3.63) is 50.7 Å². The molecule has 8 heteroatoms. The predicted molar refractivity (Wildman–Crippen MR) is 83.9 cm³/mol. The van der Waals surface area contributed by atoms with Crippen molar-refractivity contribution in [2.45, 2.75) is 11.8 Å². The molecule has 2 rings (SSSR count). The lowest BCUT2D eigenvalue weighted by molar-refractivity contribution is 0.600. The predicted octanol–water partition coefficient (Wildman–Crippen LogP) is 4.26. The summed E-state index contributed by atoms with van der Waals surface area (Å²) in [6, 6.07) is 6.40. The summed E-state index contributed by atoms with van der Waals surface area (Å²) in [5.74, 6) is 0. The molecule has 0 bridgehead atoms. The van der Waals surface area contributed by atoms with Gasteiger partial charge in [0, 0.05) is 10.7 Å². The van der Waals surface area contributed by atoms with E-state index in [1.165, 1.54) is 18.3 Å². The van der Waals surface area contributed by atoms with Crippen molar-refractivity contribution < 1.29 is 8.42 Å². The quantitative estimate of drug-likeness (QED) is 0.789. The lowest BCUT2D eigenvalue weighted by Crippen LogP contribution is -2.15. The maximum absolute atomic E-state index is 12.4. The molecule has 1 heterocycles. The summed E-state index contributed by atoms with van der Waals surface area (Å²) in [5, 5.41) is 0.207. The topological polar surface area (TPSA) is 59.1 Å². The highest BCUT2D eigenvalue weighted by molar-refractivity contribution is 9.10. The molecule has 0 spiro atoms. The maximum atomic E-state index is 12.4. The Balaban J connectivity index is 2.49. The number of sulfonamides is 1. The molecule has 0 aliphatic heterocycles. The molecular formula is C12H9BrCl2N2O2S. The molecule has 20 heavy (non-hydrogen) atoms. The summed E-state index contributed by atoms with van der Waals surface area (Å²) in [4.78, 5) is 3.89. The Kier molecular flexibility index (Phi) is 4.59. The summed E-state index contributed by atoms with van der Waals surface area (Å²) in [6.07, 6.45) is 1.47.